The summed E-state index contributed by atoms with van der Waals surface area (Å²) in [4.78, 5) is 15.7. The number of carbonyl (C=O) groups is 1. The fraction of sp³-hybridized carbons (Fsp3) is 0.133. The number of aromatic nitrogens is 1. The van der Waals surface area contributed by atoms with Gasteiger partial charge in [-0.05, 0) is 37.3 Å². The molecule has 0 unspecified atom stereocenters. The lowest BCUT2D eigenvalue weighted by molar-refractivity contribution is 0.0526. The van der Waals surface area contributed by atoms with E-state index in [1.807, 2.05) is 0 Å². The van der Waals surface area contributed by atoms with Gasteiger partial charge in [-0.2, -0.15) is 0 Å². The van der Waals surface area contributed by atoms with Gasteiger partial charge in [0.05, 0.1) is 12.2 Å². The van der Waals surface area contributed by atoms with E-state index in [0.29, 0.717) is 23.6 Å². The molecule has 0 fully saturated rings. The number of benzene rings is 1. The van der Waals surface area contributed by atoms with E-state index in [-0.39, 0.29) is 11.0 Å². The molecule has 0 aliphatic heterocycles. The number of pyridine rings is 1. The van der Waals surface area contributed by atoms with Gasteiger partial charge in [0.15, 0.2) is 5.11 Å². The van der Waals surface area contributed by atoms with Crippen LogP contribution >= 0.6 is 12.2 Å². The van der Waals surface area contributed by atoms with E-state index in [4.69, 9.17) is 27.4 Å². The quantitative estimate of drug-likeness (QED) is 0.647. The highest BCUT2D eigenvalue weighted by atomic mass is 32.1. The zero-order valence-corrected chi connectivity index (χ0v) is 12.7. The van der Waals surface area contributed by atoms with Crippen LogP contribution in [0.3, 0.4) is 0 Å². The predicted octanol–water partition coefficient (Wildman–Crippen LogP) is 2.71. The second-order valence-electron chi connectivity index (χ2n) is 4.22. The van der Waals surface area contributed by atoms with Gasteiger partial charge in [-0.3, -0.25) is 0 Å². The number of hydrogen-bond donors (Lipinski definition) is 2. The summed E-state index contributed by atoms with van der Waals surface area (Å²) in [5.74, 6) is 0.409. The van der Waals surface area contributed by atoms with Crippen molar-refractivity contribution in [3.63, 3.8) is 0 Å². The van der Waals surface area contributed by atoms with Gasteiger partial charge >= 0.3 is 5.97 Å². The Morgan fingerprint density at radius 3 is 2.91 bits per heavy atom. The third-order valence-electron chi connectivity index (χ3n) is 2.57. The molecule has 1 heterocycles. The fourth-order valence-electron chi connectivity index (χ4n) is 1.71. The monoisotopic (exact) mass is 317 g/mol. The summed E-state index contributed by atoms with van der Waals surface area (Å²) >= 11 is 4.78. The molecule has 114 valence electrons. The van der Waals surface area contributed by atoms with Crippen LogP contribution in [0.15, 0.2) is 42.6 Å². The van der Waals surface area contributed by atoms with Crippen LogP contribution in [0.25, 0.3) is 0 Å². The number of hydrogen-bond acceptors (Lipinski definition) is 5. The smallest absolute Gasteiger partial charge is 0.338 e. The fourth-order valence-corrected chi connectivity index (χ4v) is 1.82. The van der Waals surface area contributed by atoms with Crippen molar-refractivity contribution in [3.8, 4) is 11.6 Å². The molecule has 0 aliphatic carbocycles. The molecule has 1 aromatic heterocycles. The van der Waals surface area contributed by atoms with Crippen molar-refractivity contribution in [2.24, 2.45) is 5.73 Å². The summed E-state index contributed by atoms with van der Waals surface area (Å²) in [5, 5.41) is 2.98. The Labute approximate surface area is 133 Å². The number of nitrogens with zero attached hydrogens (tertiary/aromatic N) is 1. The van der Waals surface area contributed by atoms with Crippen molar-refractivity contribution >= 4 is 29.0 Å². The number of nitrogens with two attached hydrogens (primary N) is 1. The largest absolute Gasteiger partial charge is 0.462 e. The van der Waals surface area contributed by atoms with E-state index in [0.717, 1.165) is 0 Å². The number of ether oxygens (including phenoxy) is 2. The summed E-state index contributed by atoms with van der Waals surface area (Å²) < 4.78 is 10.6. The molecule has 1 aromatic carbocycles. The molecule has 0 atom stereocenters. The number of nitrogens with one attached hydrogen (secondary N) is 1. The minimum absolute atomic E-state index is 0.166. The van der Waals surface area contributed by atoms with Crippen molar-refractivity contribution in [3.05, 3.63) is 48.2 Å². The molecule has 0 saturated carbocycles. The molecule has 0 aliphatic rings. The second kappa shape index (κ2) is 7.37. The van der Waals surface area contributed by atoms with Gasteiger partial charge in [0.1, 0.15) is 5.75 Å². The second-order valence-corrected chi connectivity index (χ2v) is 4.66. The summed E-state index contributed by atoms with van der Waals surface area (Å²) in [6.45, 7) is 2.06. The minimum Gasteiger partial charge on any atom is -0.462 e. The van der Waals surface area contributed by atoms with Crippen LogP contribution in [0.5, 0.6) is 11.6 Å². The molecule has 0 spiro atoms. The normalized spacial score (nSPS) is 9.86. The van der Waals surface area contributed by atoms with Crippen LogP contribution in [0.1, 0.15) is 17.3 Å². The van der Waals surface area contributed by atoms with Crippen molar-refractivity contribution in [2.75, 3.05) is 11.9 Å². The van der Waals surface area contributed by atoms with E-state index in [9.17, 15) is 4.79 Å². The first-order valence-corrected chi connectivity index (χ1v) is 6.97. The molecule has 6 nitrogen and oxygen atoms in total. The third kappa shape index (κ3) is 4.42. The zero-order chi connectivity index (χ0) is 15.9. The van der Waals surface area contributed by atoms with Crippen LogP contribution in [0.4, 0.5) is 5.69 Å². The van der Waals surface area contributed by atoms with Gasteiger partial charge in [0.2, 0.25) is 5.88 Å². The Kier molecular flexibility index (Phi) is 5.26. The number of carbonyl (C=O) groups excluding carboxylic acids is 1. The summed E-state index contributed by atoms with van der Waals surface area (Å²) in [5.41, 5.74) is 6.50. The summed E-state index contributed by atoms with van der Waals surface area (Å²) in [6, 6.07) is 10.1. The van der Waals surface area contributed by atoms with Crippen LogP contribution in [-0.2, 0) is 4.74 Å². The minimum atomic E-state index is -0.418. The SMILES string of the molecule is CCOC(=O)c1ccnc(Oc2cccc(NC(N)=S)c2)c1. The Balaban J connectivity index is 2.15. The molecular weight excluding hydrogens is 302 g/mol. The molecule has 0 saturated heterocycles. The van der Waals surface area contributed by atoms with Crippen molar-refractivity contribution in [2.45, 2.75) is 6.92 Å². The standard InChI is InChI=1S/C15H15N3O3S/c1-2-20-14(19)10-6-7-17-13(8-10)21-12-5-3-4-11(9-12)18-15(16)22/h3-9H,2H2,1H3,(H3,16,18,22). The van der Waals surface area contributed by atoms with E-state index in [2.05, 4.69) is 10.3 Å². The van der Waals surface area contributed by atoms with Gasteiger partial charge < -0.3 is 20.5 Å². The van der Waals surface area contributed by atoms with Crippen molar-refractivity contribution < 1.29 is 14.3 Å². The van der Waals surface area contributed by atoms with Crippen LogP contribution < -0.4 is 15.8 Å². The van der Waals surface area contributed by atoms with Crippen molar-refractivity contribution in [1.82, 2.24) is 4.98 Å². The van der Waals surface area contributed by atoms with E-state index >= 15 is 0 Å². The summed E-state index contributed by atoms with van der Waals surface area (Å²) in [6.07, 6.45) is 1.48. The molecule has 2 aromatic rings. The predicted molar refractivity (Wildman–Crippen MR) is 87.1 cm³/mol. The molecule has 0 bridgehead atoms. The Bertz CT molecular complexity index is 691. The van der Waals surface area contributed by atoms with E-state index in [1.165, 1.54) is 12.3 Å². The van der Waals surface area contributed by atoms with Gasteiger partial charge in [-0.15, -0.1) is 0 Å². The third-order valence-corrected chi connectivity index (χ3v) is 2.67. The highest BCUT2D eigenvalue weighted by Gasteiger charge is 2.09. The van der Waals surface area contributed by atoms with Gasteiger partial charge in [0.25, 0.3) is 0 Å². The molecule has 0 radical (unpaired) electrons. The molecular formula is C15H15N3O3S. The molecule has 2 rings (SSSR count). The van der Waals surface area contributed by atoms with E-state index < -0.39 is 5.97 Å². The molecule has 3 N–H and O–H groups in total. The number of thiocarbonyl (C=S) groups is 1. The van der Waals surface area contributed by atoms with Gasteiger partial charge in [-0.1, -0.05) is 6.07 Å². The lowest BCUT2D eigenvalue weighted by atomic mass is 10.2. The average molecular weight is 317 g/mol. The molecule has 0 amide bonds. The Morgan fingerprint density at radius 2 is 2.18 bits per heavy atom. The first kappa shape index (κ1) is 15.7. The highest BCUT2D eigenvalue weighted by molar-refractivity contribution is 7.80. The Morgan fingerprint density at radius 1 is 1.36 bits per heavy atom. The lowest BCUT2D eigenvalue weighted by Gasteiger charge is -2.08. The number of anilines is 1. The first-order valence-electron chi connectivity index (χ1n) is 6.56. The number of rotatable bonds is 5. The maximum Gasteiger partial charge on any atom is 0.338 e. The lowest BCUT2D eigenvalue weighted by Crippen LogP contribution is -2.18. The number of esters is 1. The van der Waals surface area contributed by atoms with Crippen LogP contribution in [0.2, 0.25) is 0 Å². The highest BCUT2D eigenvalue weighted by Crippen LogP contribution is 2.23. The van der Waals surface area contributed by atoms with Crippen molar-refractivity contribution in [1.29, 1.82) is 0 Å². The van der Waals surface area contributed by atoms with Crippen LogP contribution in [0, 0.1) is 0 Å². The average Bonchev–Trinajstić information content (AvgIpc) is 2.47. The Hall–Kier alpha value is -2.67. The maximum absolute atomic E-state index is 11.7. The molecule has 22 heavy (non-hydrogen) atoms. The topological polar surface area (TPSA) is 86.5 Å². The summed E-state index contributed by atoms with van der Waals surface area (Å²) in [7, 11) is 0. The first-order chi connectivity index (χ1) is 10.6. The zero-order valence-electron chi connectivity index (χ0n) is 11.9. The van der Waals surface area contributed by atoms with Gasteiger partial charge in [-0.25, -0.2) is 9.78 Å². The molecule has 7 heteroatoms. The maximum atomic E-state index is 11.7. The van der Waals surface area contributed by atoms with Gasteiger partial charge in [0, 0.05) is 24.0 Å². The van der Waals surface area contributed by atoms with Crippen LogP contribution in [-0.4, -0.2) is 22.7 Å². The van der Waals surface area contributed by atoms with E-state index in [1.54, 1.807) is 37.3 Å².